The van der Waals surface area contributed by atoms with E-state index in [2.05, 4.69) is 38.7 Å². The van der Waals surface area contributed by atoms with Crippen molar-refractivity contribution in [3.8, 4) is 6.07 Å². The minimum Gasteiger partial charge on any atom is -0.358 e. The summed E-state index contributed by atoms with van der Waals surface area (Å²) in [7, 11) is 0. The number of nitrogens with zero attached hydrogens (tertiary/aromatic N) is 1. The molecule has 16 heavy (non-hydrogen) atoms. The lowest BCUT2D eigenvalue weighted by molar-refractivity contribution is 0.591. The first-order valence-electron chi connectivity index (χ1n) is 5.46. The average molecular weight is 212 g/mol. The van der Waals surface area contributed by atoms with E-state index in [1.807, 2.05) is 18.2 Å². The van der Waals surface area contributed by atoms with Crippen LogP contribution in [0.4, 0.5) is 0 Å². The van der Waals surface area contributed by atoms with Crippen LogP contribution in [-0.2, 0) is 5.41 Å². The van der Waals surface area contributed by atoms with Crippen LogP contribution >= 0.6 is 0 Å². The number of nitrogens with one attached hydrogen (secondary N) is 1. The van der Waals surface area contributed by atoms with E-state index in [1.54, 1.807) is 0 Å². The molecule has 0 aliphatic rings. The quantitative estimate of drug-likeness (QED) is 0.711. The fourth-order valence-corrected chi connectivity index (χ4v) is 2.37. The molecule has 1 heterocycles. The zero-order valence-corrected chi connectivity index (χ0v) is 10.2. The highest BCUT2D eigenvalue weighted by Crippen LogP contribution is 2.33. The van der Waals surface area contributed by atoms with Gasteiger partial charge in [-0.15, -0.1) is 0 Å². The SMILES string of the molecule is Cc1[nH]c2cc(C#N)ccc2c1C(C)(C)C. The summed E-state index contributed by atoms with van der Waals surface area (Å²) in [5, 5.41) is 10.1. The van der Waals surface area contributed by atoms with Gasteiger partial charge in [0.2, 0.25) is 0 Å². The van der Waals surface area contributed by atoms with Crippen LogP contribution in [0.3, 0.4) is 0 Å². The molecule has 1 N–H and O–H groups in total. The Hall–Kier alpha value is -1.75. The first kappa shape index (κ1) is 10.8. The number of aryl methyl sites for hydroxylation is 1. The maximum Gasteiger partial charge on any atom is 0.0992 e. The minimum atomic E-state index is 0.122. The van der Waals surface area contributed by atoms with Gasteiger partial charge in [-0.05, 0) is 30.0 Å². The van der Waals surface area contributed by atoms with E-state index in [9.17, 15) is 0 Å². The van der Waals surface area contributed by atoms with Crippen molar-refractivity contribution in [3.63, 3.8) is 0 Å². The lowest BCUT2D eigenvalue weighted by atomic mass is 9.85. The zero-order chi connectivity index (χ0) is 11.9. The van der Waals surface area contributed by atoms with Crippen LogP contribution in [0.15, 0.2) is 18.2 Å². The molecule has 0 saturated heterocycles. The highest BCUT2D eigenvalue weighted by molar-refractivity contribution is 5.86. The number of H-pyrrole nitrogens is 1. The summed E-state index contributed by atoms with van der Waals surface area (Å²) >= 11 is 0. The van der Waals surface area contributed by atoms with Crippen LogP contribution < -0.4 is 0 Å². The van der Waals surface area contributed by atoms with Crippen molar-refractivity contribution >= 4 is 10.9 Å². The molecular weight excluding hydrogens is 196 g/mol. The van der Waals surface area contributed by atoms with Gasteiger partial charge >= 0.3 is 0 Å². The van der Waals surface area contributed by atoms with Crippen molar-refractivity contribution in [1.82, 2.24) is 4.98 Å². The van der Waals surface area contributed by atoms with Crippen LogP contribution in [0, 0.1) is 18.3 Å². The van der Waals surface area contributed by atoms with Crippen molar-refractivity contribution < 1.29 is 0 Å². The Morgan fingerprint density at radius 2 is 1.94 bits per heavy atom. The van der Waals surface area contributed by atoms with Gasteiger partial charge in [-0.25, -0.2) is 0 Å². The molecule has 0 spiro atoms. The summed E-state index contributed by atoms with van der Waals surface area (Å²) in [6.45, 7) is 8.72. The minimum absolute atomic E-state index is 0.122. The Kier molecular flexibility index (Phi) is 2.27. The number of aromatic nitrogens is 1. The molecule has 2 aromatic rings. The van der Waals surface area contributed by atoms with Gasteiger partial charge in [0, 0.05) is 16.6 Å². The third-order valence-corrected chi connectivity index (χ3v) is 2.87. The summed E-state index contributed by atoms with van der Waals surface area (Å²) in [6, 6.07) is 8.00. The molecule has 0 atom stereocenters. The summed E-state index contributed by atoms with van der Waals surface area (Å²) < 4.78 is 0. The number of nitriles is 1. The molecule has 0 radical (unpaired) electrons. The molecular formula is C14H16N2. The van der Waals surface area contributed by atoms with Gasteiger partial charge < -0.3 is 4.98 Å². The fraction of sp³-hybridized carbons (Fsp3) is 0.357. The van der Waals surface area contributed by atoms with Crippen LogP contribution in [0.2, 0.25) is 0 Å². The molecule has 2 nitrogen and oxygen atoms in total. The van der Waals surface area contributed by atoms with Crippen molar-refractivity contribution in [2.24, 2.45) is 0 Å². The number of hydrogen-bond donors (Lipinski definition) is 1. The molecule has 1 aromatic heterocycles. The first-order chi connectivity index (χ1) is 7.43. The summed E-state index contributed by atoms with van der Waals surface area (Å²) in [5.74, 6) is 0. The van der Waals surface area contributed by atoms with Crippen LogP contribution in [-0.4, -0.2) is 4.98 Å². The zero-order valence-electron chi connectivity index (χ0n) is 10.2. The number of fused-ring (bicyclic) bond motifs is 1. The molecule has 0 aliphatic heterocycles. The molecule has 0 saturated carbocycles. The Balaban J connectivity index is 2.78. The van der Waals surface area contributed by atoms with Crippen LogP contribution in [0.5, 0.6) is 0 Å². The number of rotatable bonds is 0. The number of hydrogen-bond acceptors (Lipinski definition) is 1. The van der Waals surface area contributed by atoms with Crippen LogP contribution in [0.25, 0.3) is 10.9 Å². The maximum absolute atomic E-state index is 8.87. The first-order valence-corrected chi connectivity index (χ1v) is 5.46. The smallest absolute Gasteiger partial charge is 0.0992 e. The van der Waals surface area contributed by atoms with E-state index < -0.39 is 0 Å². The van der Waals surface area contributed by atoms with Crippen molar-refractivity contribution in [1.29, 1.82) is 5.26 Å². The predicted molar refractivity (Wildman–Crippen MR) is 66.5 cm³/mol. The van der Waals surface area contributed by atoms with Crippen molar-refractivity contribution in [2.45, 2.75) is 33.1 Å². The van der Waals surface area contributed by atoms with Gasteiger partial charge in [0.1, 0.15) is 0 Å². The normalized spacial score (nSPS) is 11.7. The Bertz CT molecular complexity index is 577. The van der Waals surface area contributed by atoms with E-state index in [1.165, 1.54) is 16.6 Å². The van der Waals surface area contributed by atoms with Crippen molar-refractivity contribution in [3.05, 3.63) is 35.0 Å². The largest absolute Gasteiger partial charge is 0.358 e. The van der Waals surface area contributed by atoms with E-state index >= 15 is 0 Å². The molecule has 0 aliphatic carbocycles. The Morgan fingerprint density at radius 3 is 2.50 bits per heavy atom. The second-order valence-corrected chi connectivity index (χ2v) is 5.25. The standard InChI is InChI=1S/C14H16N2/c1-9-13(14(2,3)4)11-6-5-10(8-15)7-12(11)16-9/h5-7,16H,1-4H3. The van der Waals surface area contributed by atoms with E-state index in [-0.39, 0.29) is 5.41 Å². The van der Waals surface area contributed by atoms with Gasteiger partial charge in [-0.3, -0.25) is 0 Å². The maximum atomic E-state index is 8.87. The molecule has 0 unspecified atom stereocenters. The number of benzene rings is 1. The number of aromatic amines is 1. The summed E-state index contributed by atoms with van der Waals surface area (Å²) in [4.78, 5) is 3.36. The van der Waals surface area contributed by atoms with E-state index in [0.29, 0.717) is 5.56 Å². The van der Waals surface area contributed by atoms with Gasteiger partial charge in [-0.2, -0.15) is 5.26 Å². The third-order valence-electron chi connectivity index (χ3n) is 2.87. The summed E-state index contributed by atoms with van der Waals surface area (Å²) in [6.07, 6.45) is 0. The van der Waals surface area contributed by atoms with Crippen molar-refractivity contribution in [2.75, 3.05) is 0 Å². The van der Waals surface area contributed by atoms with Gasteiger partial charge in [0.05, 0.1) is 11.6 Å². The lowest BCUT2D eigenvalue weighted by Crippen LogP contribution is -2.11. The fourth-order valence-electron chi connectivity index (χ4n) is 2.37. The monoisotopic (exact) mass is 212 g/mol. The van der Waals surface area contributed by atoms with Gasteiger partial charge in [-0.1, -0.05) is 26.8 Å². The van der Waals surface area contributed by atoms with Crippen LogP contribution in [0.1, 0.15) is 37.6 Å². The van der Waals surface area contributed by atoms with E-state index in [0.717, 1.165) is 5.52 Å². The molecule has 2 heteroatoms. The molecule has 2 rings (SSSR count). The highest BCUT2D eigenvalue weighted by atomic mass is 14.7. The predicted octanol–water partition coefficient (Wildman–Crippen LogP) is 3.65. The van der Waals surface area contributed by atoms with E-state index in [4.69, 9.17) is 5.26 Å². The lowest BCUT2D eigenvalue weighted by Gasteiger charge is -2.19. The Morgan fingerprint density at radius 1 is 1.25 bits per heavy atom. The second kappa shape index (κ2) is 3.38. The summed E-state index contributed by atoms with van der Waals surface area (Å²) in [5.41, 5.74) is 4.41. The molecule has 0 amide bonds. The molecule has 1 aromatic carbocycles. The van der Waals surface area contributed by atoms with Gasteiger partial charge in [0.15, 0.2) is 0 Å². The average Bonchev–Trinajstić information content (AvgIpc) is 2.51. The topological polar surface area (TPSA) is 39.6 Å². The second-order valence-electron chi connectivity index (χ2n) is 5.25. The molecule has 82 valence electrons. The van der Waals surface area contributed by atoms with Gasteiger partial charge in [0.25, 0.3) is 0 Å². The molecule has 0 bridgehead atoms. The third kappa shape index (κ3) is 1.59. The highest BCUT2D eigenvalue weighted by Gasteiger charge is 2.21. The Labute approximate surface area is 95.9 Å². The molecule has 0 fully saturated rings.